The molecule has 3 nitrogen and oxygen atoms in total. The van der Waals surface area contributed by atoms with Crippen LogP contribution in [0.25, 0.3) is 0 Å². The molecule has 1 unspecified atom stereocenters. The Morgan fingerprint density at radius 3 is 2.79 bits per heavy atom. The Labute approximate surface area is 117 Å². The third-order valence-electron chi connectivity index (χ3n) is 3.36. The summed E-state index contributed by atoms with van der Waals surface area (Å²) in [6.07, 6.45) is 1.68. The molecular formula is C15H15ClN2O. The molecule has 0 saturated heterocycles. The third-order valence-corrected chi connectivity index (χ3v) is 3.66. The summed E-state index contributed by atoms with van der Waals surface area (Å²) in [5, 5.41) is 3.91. The van der Waals surface area contributed by atoms with Gasteiger partial charge in [-0.25, -0.2) is 4.98 Å². The van der Waals surface area contributed by atoms with Gasteiger partial charge in [0.15, 0.2) is 5.15 Å². The van der Waals surface area contributed by atoms with Gasteiger partial charge in [-0.3, -0.25) is 0 Å². The molecule has 2 aromatic rings. The average molecular weight is 275 g/mol. The molecule has 3 rings (SSSR count). The minimum atomic E-state index is -0.330. The highest BCUT2D eigenvalue weighted by molar-refractivity contribution is 6.31. The minimum absolute atomic E-state index is 0.0467. The molecule has 1 aliphatic heterocycles. The zero-order valence-electron chi connectivity index (χ0n) is 10.9. The first kappa shape index (κ1) is 12.3. The number of halogens is 1. The smallest absolute Gasteiger partial charge is 0.152 e. The highest BCUT2D eigenvalue weighted by Gasteiger charge is 2.41. The van der Waals surface area contributed by atoms with Gasteiger partial charge in [-0.2, -0.15) is 0 Å². The van der Waals surface area contributed by atoms with E-state index in [1.807, 2.05) is 30.3 Å². The van der Waals surface area contributed by atoms with Crippen molar-refractivity contribution in [2.24, 2.45) is 0 Å². The fourth-order valence-corrected chi connectivity index (χ4v) is 2.60. The van der Waals surface area contributed by atoms with Crippen LogP contribution < -0.4 is 10.1 Å². The number of benzene rings is 1. The second-order valence-corrected chi connectivity index (χ2v) is 5.52. The van der Waals surface area contributed by atoms with Gasteiger partial charge in [0.2, 0.25) is 0 Å². The summed E-state index contributed by atoms with van der Waals surface area (Å²) >= 11 is 6.11. The summed E-state index contributed by atoms with van der Waals surface area (Å²) in [7, 11) is 0. The van der Waals surface area contributed by atoms with Crippen molar-refractivity contribution in [1.29, 1.82) is 0 Å². The van der Waals surface area contributed by atoms with Crippen LogP contribution >= 0.6 is 11.6 Å². The number of rotatable bonds is 2. The van der Waals surface area contributed by atoms with Crippen molar-refractivity contribution in [3.8, 4) is 5.75 Å². The van der Waals surface area contributed by atoms with Crippen LogP contribution in [0.3, 0.4) is 0 Å². The van der Waals surface area contributed by atoms with E-state index < -0.39 is 0 Å². The molecule has 1 N–H and O–H groups in total. The van der Waals surface area contributed by atoms with E-state index in [4.69, 9.17) is 16.3 Å². The first-order chi connectivity index (χ1) is 9.08. The number of hydrogen-bond acceptors (Lipinski definition) is 3. The van der Waals surface area contributed by atoms with Crippen LogP contribution in [0.1, 0.15) is 25.5 Å². The SMILES string of the molecule is CC1(C)Oc2ccccc2C1Nc1cccnc1Cl. The number of aromatic nitrogens is 1. The van der Waals surface area contributed by atoms with Crippen molar-refractivity contribution in [3.05, 3.63) is 53.3 Å². The Hall–Kier alpha value is -1.74. The van der Waals surface area contributed by atoms with E-state index in [-0.39, 0.29) is 11.6 Å². The van der Waals surface area contributed by atoms with E-state index in [1.165, 1.54) is 0 Å². The Balaban J connectivity index is 1.98. The quantitative estimate of drug-likeness (QED) is 0.839. The Kier molecular flexibility index (Phi) is 2.86. The summed E-state index contributed by atoms with van der Waals surface area (Å²) in [4.78, 5) is 4.09. The molecule has 1 aromatic heterocycles. The van der Waals surface area contributed by atoms with Crippen LogP contribution in [0.2, 0.25) is 5.15 Å². The minimum Gasteiger partial charge on any atom is -0.485 e. The molecule has 0 bridgehead atoms. The number of hydrogen-bond donors (Lipinski definition) is 1. The van der Waals surface area contributed by atoms with Crippen LogP contribution in [0.5, 0.6) is 5.75 Å². The summed E-state index contributed by atoms with van der Waals surface area (Å²) in [6.45, 7) is 4.13. The molecule has 0 amide bonds. The number of fused-ring (bicyclic) bond motifs is 1. The lowest BCUT2D eigenvalue weighted by molar-refractivity contribution is 0.118. The van der Waals surface area contributed by atoms with Crippen LogP contribution in [-0.4, -0.2) is 10.6 Å². The fraction of sp³-hybridized carbons (Fsp3) is 0.267. The van der Waals surface area contributed by atoms with Gasteiger partial charge in [0.1, 0.15) is 11.4 Å². The highest BCUT2D eigenvalue weighted by Crippen LogP contribution is 2.44. The van der Waals surface area contributed by atoms with Crippen molar-refractivity contribution < 1.29 is 4.74 Å². The van der Waals surface area contributed by atoms with E-state index in [0.29, 0.717) is 5.15 Å². The zero-order valence-corrected chi connectivity index (χ0v) is 11.6. The van der Waals surface area contributed by atoms with E-state index >= 15 is 0 Å². The van der Waals surface area contributed by atoms with Crippen molar-refractivity contribution in [2.45, 2.75) is 25.5 Å². The maximum atomic E-state index is 6.11. The molecule has 1 atom stereocenters. The molecular weight excluding hydrogens is 260 g/mol. The summed E-state index contributed by atoms with van der Waals surface area (Å²) in [5.74, 6) is 0.921. The molecule has 1 aromatic carbocycles. The van der Waals surface area contributed by atoms with Crippen LogP contribution in [0.4, 0.5) is 5.69 Å². The molecule has 98 valence electrons. The zero-order chi connectivity index (χ0) is 13.5. The van der Waals surface area contributed by atoms with Crippen molar-refractivity contribution in [3.63, 3.8) is 0 Å². The predicted molar refractivity (Wildman–Crippen MR) is 76.8 cm³/mol. The normalized spacial score (nSPS) is 19.6. The maximum Gasteiger partial charge on any atom is 0.152 e. The van der Waals surface area contributed by atoms with E-state index in [1.54, 1.807) is 6.20 Å². The number of nitrogens with zero attached hydrogens (tertiary/aromatic N) is 1. The molecule has 0 aliphatic carbocycles. The molecule has 0 saturated carbocycles. The highest BCUT2D eigenvalue weighted by atomic mass is 35.5. The fourth-order valence-electron chi connectivity index (χ4n) is 2.43. The molecule has 1 aliphatic rings. The van der Waals surface area contributed by atoms with Crippen molar-refractivity contribution in [2.75, 3.05) is 5.32 Å². The van der Waals surface area contributed by atoms with Crippen molar-refractivity contribution >= 4 is 17.3 Å². The molecule has 2 heterocycles. The number of ether oxygens (including phenoxy) is 1. The van der Waals surface area contributed by atoms with Gasteiger partial charge in [0.05, 0.1) is 11.7 Å². The Morgan fingerprint density at radius 1 is 1.21 bits per heavy atom. The monoisotopic (exact) mass is 274 g/mol. The van der Waals surface area contributed by atoms with Crippen LogP contribution in [0.15, 0.2) is 42.6 Å². The maximum absolute atomic E-state index is 6.11. The van der Waals surface area contributed by atoms with Gasteiger partial charge in [0, 0.05) is 11.8 Å². The lowest BCUT2D eigenvalue weighted by atomic mass is 9.94. The van der Waals surface area contributed by atoms with Gasteiger partial charge in [-0.05, 0) is 32.0 Å². The largest absolute Gasteiger partial charge is 0.485 e. The second-order valence-electron chi connectivity index (χ2n) is 5.16. The third kappa shape index (κ3) is 2.15. The molecule has 19 heavy (non-hydrogen) atoms. The average Bonchev–Trinajstić information content (AvgIpc) is 2.63. The summed E-state index contributed by atoms with van der Waals surface area (Å²) in [5.41, 5.74) is 1.64. The first-order valence-electron chi connectivity index (χ1n) is 6.23. The van der Waals surface area contributed by atoms with Gasteiger partial charge in [-0.1, -0.05) is 29.8 Å². The van der Waals surface area contributed by atoms with Crippen LogP contribution in [-0.2, 0) is 0 Å². The molecule has 0 fully saturated rings. The van der Waals surface area contributed by atoms with Gasteiger partial charge >= 0.3 is 0 Å². The number of pyridine rings is 1. The number of anilines is 1. The lowest BCUT2D eigenvalue weighted by Crippen LogP contribution is -2.34. The molecule has 0 radical (unpaired) electrons. The number of para-hydroxylation sites is 1. The summed E-state index contributed by atoms with van der Waals surface area (Å²) < 4.78 is 5.99. The van der Waals surface area contributed by atoms with Crippen LogP contribution in [0, 0.1) is 0 Å². The van der Waals surface area contributed by atoms with E-state index in [0.717, 1.165) is 17.0 Å². The second kappa shape index (κ2) is 4.42. The summed E-state index contributed by atoms with van der Waals surface area (Å²) in [6, 6.07) is 11.9. The molecule has 4 heteroatoms. The van der Waals surface area contributed by atoms with Crippen molar-refractivity contribution in [1.82, 2.24) is 4.98 Å². The Bertz CT molecular complexity index is 613. The molecule has 0 spiro atoms. The van der Waals surface area contributed by atoms with E-state index in [9.17, 15) is 0 Å². The van der Waals surface area contributed by atoms with Gasteiger partial charge in [0.25, 0.3) is 0 Å². The standard InChI is InChI=1S/C15H15ClN2O/c1-15(2)13(10-6-3-4-8-12(10)19-15)18-11-7-5-9-17-14(11)16/h3-9,13,18H,1-2H3. The van der Waals surface area contributed by atoms with Gasteiger partial charge in [-0.15, -0.1) is 0 Å². The predicted octanol–water partition coefficient (Wildman–Crippen LogP) is 4.06. The van der Waals surface area contributed by atoms with Gasteiger partial charge < -0.3 is 10.1 Å². The lowest BCUT2D eigenvalue weighted by Gasteiger charge is -2.28. The Morgan fingerprint density at radius 2 is 2.00 bits per heavy atom. The van der Waals surface area contributed by atoms with E-state index in [2.05, 4.69) is 30.2 Å². The topological polar surface area (TPSA) is 34.1 Å². The number of nitrogens with one attached hydrogen (secondary N) is 1. The first-order valence-corrected chi connectivity index (χ1v) is 6.61.